The minimum absolute atomic E-state index is 1.29. The molecule has 0 aliphatic carbocycles. The van der Waals surface area contributed by atoms with Crippen LogP contribution >= 0.6 is 25.3 Å². The molecule has 0 spiro atoms. The van der Waals surface area contributed by atoms with Gasteiger partial charge >= 0.3 is 12.1 Å². The molecule has 0 fully saturated rings. The fourth-order valence-electron chi connectivity index (χ4n) is 0.265. The van der Waals surface area contributed by atoms with E-state index in [1.807, 2.05) is 0 Å². The van der Waals surface area contributed by atoms with Gasteiger partial charge in [-0.25, -0.2) is 4.39 Å². The average molecular weight is 228 g/mol. The Morgan fingerprint density at radius 1 is 0.917 bits per heavy atom. The SMILES string of the molecule is FC(=C(S)S)C(F)(F)C(F)(F)F. The minimum atomic E-state index is -5.96. The van der Waals surface area contributed by atoms with Gasteiger partial charge in [-0.1, -0.05) is 0 Å². The molecule has 0 aliphatic heterocycles. The summed E-state index contributed by atoms with van der Waals surface area (Å²) in [6.07, 6.45) is -5.96. The van der Waals surface area contributed by atoms with Crippen molar-refractivity contribution in [1.82, 2.24) is 0 Å². The second-order valence-electron chi connectivity index (χ2n) is 1.71. The number of hydrogen-bond donors (Lipinski definition) is 2. The van der Waals surface area contributed by atoms with E-state index in [1.54, 1.807) is 0 Å². The van der Waals surface area contributed by atoms with Crippen LogP contribution < -0.4 is 0 Å². The van der Waals surface area contributed by atoms with Gasteiger partial charge in [0.05, 0.1) is 4.24 Å². The predicted molar refractivity (Wildman–Crippen MR) is 37.1 cm³/mol. The smallest absolute Gasteiger partial charge is 0.203 e. The van der Waals surface area contributed by atoms with Crippen molar-refractivity contribution in [2.45, 2.75) is 12.1 Å². The Kier molecular flexibility index (Phi) is 3.41. The van der Waals surface area contributed by atoms with Crippen LogP contribution in [-0.2, 0) is 0 Å². The van der Waals surface area contributed by atoms with Gasteiger partial charge < -0.3 is 0 Å². The molecule has 0 unspecified atom stereocenters. The molecule has 0 radical (unpaired) electrons. The molecule has 12 heavy (non-hydrogen) atoms. The molecule has 0 rings (SSSR count). The number of hydrogen-bond acceptors (Lipinski definition) is 2. The zero-order valence-corrected chi connectivity index (χ0v) is 6.95. The van der Waals surface area contributed by atoms with Gasteiger partial charge in [-0.05, 0) is 0 Å². The number of halogens is 6. The van der Waals surface area contributed by atoms with Crippen molar-refractivity contribution in [1.29, 1.82) is 0 Å². The van der Waals surface area contributed by atoms with Crippen molar-refractivity contribution >= 4 is 25.3 Å². The molecular formula is C4H2F6S2. The molecule has 0 saturated heterocycles. The van der Waals surface area contributed by atoms with Crippen LogP contribution in [0.4, 0.5) is 26.3 Å². The summed E-state index contributed by atoms with van der Waals surface area (Å²) in [7, 11) is 0. The Balaban J connectivity index is 5.01. The molecule has 0 N–H and O–H groups in total. The lowest BCUT2D eigenvalue weighted by atomic mass is 10.3. The first-order valence-electron chi connectivity index (χ1n) is 2.33. The van der Waals surface area contributed by atoms with Gasteiger partial charge in [0.1, 0.15) is 0 Å². The van der Waals surface area contributed by atoms with Gasteiger partial charge in [0.25, 0.3) is 0 Å². The van der Waals surface area contributed by atoms with E-state index in [1.165, 1.54) is 0 Å². The summed E-state index contributed by atoms with van der Waals surface area (Å²) in [5.74, 6) is -8.23. The lowest BCUT2D eigenvalue weighted by molar-refractivity contribution is -0.270. The van der Waals surface area contributed by atoms with E-state index in [9.17, 15) is 26.3 Å². The Hall–Kier alpha value is 0.0200. The molecule has 0 heterocycles. The third-order valence-corrected chi connectivity index (χ3v) is 1.22. The summed E-state index contributed by atoms with van der Waals surface area (Å²) in [4.78, 5) is 0. The average Bonchev–Trinajstić information content (AvgIpc) is 1.83. The van der Waals surface area contributed by atoms with Crippen LogP contribution in [0.1, 0.15) is 0 Å². The number of allylic oxidation sites excluding steroid dienone is 1. The molecule has 0 atom stereocenters. The molecule has 0 aromatic carbocycles. The topological polar surface area (TPSA) is 0 Å². The van der Waals surface area contributed by atoms with Crippen LogP contribution in [-0.4, -0.2) is 12.1 Å². The van der Waals surface area contributed by atoms with Crippen molar-refractivity contribution in [2.75, 3.05) is 0 Å². The van der Waals surface area contributed by atoms with E-state index in [4.69, 9.17) is 0 Å². The highest BCUT2D eigenvalue weighted by Crippen LogP contribution is 2.43. The Morgan fingerprint density at radius 3 is 1.33 bits per heavy atom. The van der Waals surface area contributed by atoms with Gasteiger partial charge in [0.2, 0.25) is 0 Å². The molecule has 0 saturated carbocycles. The maximum absolute atomic E-state index is 12.1. The summed E-state index contributed by atoms with van der Waals surface area (Å²) in [6.45, 7) is 0. The normalized spacial score (nSPS) is 13.0. The van der Waals surface area contributed by atoms with E-state index in [0.29, 0.717) is 0 Å². The fraction of sp³-hybridized carbons (Fsp3) is 0.500. The summed E-state index contributed by atoms with van der Waals surface area (Å²) in [5, 5.41) is 0. The van der Waals surface area contributed by atoms with Gasteiger partial charge in [0, 0.05) is 0 Å². The van der Waals surface area contributed by atoms with Crippen molar-refractivity contribution in [3.8, 4) is 0 Å². The van der Waals surface area contributed by atoms with Gasteiger partial charge in [0.15, 0.2) is 5.83 Å². The Labute approximate surface area is 74.4 Å². The largest absolute Gasteiger partial charge is 0.460 e. The summed E-state index contributed by atoms with van der Waals surface area (Å²) < 4.78 is 68.7. The summed E-state index contributed by atoms with van der Waals surface area (Å²) >= 11 is 5.81. The molecule has 0 nitrogen and oxygen atoms in total. The maximum Gasteiger partial charge on any atom is 0.460 e. The van der Waals surface area contributed by atoms with Crippen LogP contribution in [0.3, 0.4) is 0 Å². The highest BCUT2D eigenvalue weighted by atomic mass is 32.2. The lowest BCUT2D eigenvalue weighted by Gasteiger charge is -2.17. The van der Waals surface area contributed by atoms with E-state index in [0.717, 1.165) is 0 Å². The molecule has 0 aliphatic rings. The molecule has 0 aromatic heterocycles. The third-order valence-electron chi connectivity index (χ3n) is 0.828. The lowest BCUT2D eigenvalue weighted by Crippen LogP contribution is -2.37. The van der Waals surface area contributed by atoms with E-state index >= 15 is 0 Å². The zero-order valence-electron chi connectivity index (χ0n) is 5.16. The molecule has 0 bridgehead atoms. The number of thiol groups is 2. The molecule has 72 valence electrons. The highest BCUT2D eigenvalue weighted by Gasteiger charge is 2.61. The predicted octanol–water partition coefficient (Wildman–Crippen LogP) is 3.18. The van der Waals surface area contributed by atoms with Gasteiger partial charge in [-0.2, -0.15) is 22.0 Å². The molecule has 0 aromatic rings. The van der Waals surface area contributed by atoms with Crippen molar-refractivity contribution in [3.05, 3.63) is 10.1 Å². The fourth-order valence-corrected chi connectivity index (χ4v) is 0.546. The van der Waals surface area contributed by atoms with E-state index < -0.39 is 22.2 Å². The first-order valence-corrected chi connectivity index (χ1v) is 3.23. The number of rotatable bonds is 1. The first-order chi connectivity index (χ1) is 5.10. The van der Waals surface area contributed by atoms with Gasteiger partial charge in [-0.15, -0.1) is 25.3 Å². The zero-order chi connectivity index (χ0) is 10.2. The maximum atomic E-state index is 12.1. The summed E-state index contributed by atoms with van der Waals surface area (Å²) in [6, 6.07) is 0. The highest BCUT2D eigenvalue weighted by molar-refractivity contribution is 8.05. The van der Waals surface area contributed by atoms with Crippen LogP contribution in [0.25, 0.3) is 0 Å². The minimum Gasteiger partial charge on any atom is -0.203 e. The standard InChI is InChI=1S/C4H2F6S2/c5-1(2(11)12)3(6,7)4(8,9)10/h11-12H. The molecular weight excluding hydrogens is 226 g/mol. The van der Waals surface area contributed by atoms with Crippen LogP contribution in [0.5, 0.6) is 0 Å². The number of alkyl halides is 5. The molecule has 0 amide bonds. The van der Waals surface area contributed by atoms with Crippen LogP contribution in [0, 0.1) is 0 Å². The summed E-state index contributed by atoms with van der Waals surface area (Å²) in [5.41, 5.74) is 0. The van der Waals surface area contributed by atoms with E-state index in [-0.39, 0.29) is 0 Å². The van der Waals surface area contributed by atoms with Crippen LogP contribution in [0.15, 0.2) is 10.1 Å². The first kappa shape index (κ1) is 12.0. The van der Waals surface area contributed by atoms with Gasteiger partial charge in [-0.3, -0.25) is 0 Å². The van der Waals surface area contributed by atoms with Crippen molar-refractivity contribution in [3.63, 3.8) is 0 Å². The third kappa shape index (κ3) is 2.25. The van der Waals surface area contributed by atoms with Crippen molar-refractivity contribution in [2.24, 2.45) is 0 Å². The Morgan fingerprint density at radius 2 is 1.25 bits per heavy atom. The Bertz CT molecular complexity index is 200. The van der Waals surface area contributed by atoms with E-state index in [2.05, 4.69) is 25.3 Å². The van der Waals surface area contributed by atoms with Crippen LogP contribution in [0.2, 0.25) is 0 Å². The second kappa shape index (κ2) is 3.41. The monoisotopic (exact) mass is 228 g/mol. The quantitative estimate of drug-likeness (QED) is 0.499. The van der Waals surface area contributed by atoms with Crippen molar-refractivity contribution < 1.29 is 26.3 Å². The molecule has 8 heteroatoms. The second-order valence-corrected chi connectivity index (χ2v) is 2.96.